The molecule has 8 nitrogen and oxygen atoms in total. The molecule has 8 N–H and O–H groups in total. The largest absolute Gasteiger partial charge is 0.389 e. The summed E-state index contributed by atoms with van der Waals surface area (Å²) in [6.07, 6.45) is 4.52. The van der Waals surface area contributed by atoms with E-state index in [0.29, 0.717) is 10.8 Å². The van der Waals surface area contributed by atoms with Crippen molar-refractivity contribution >= 4 is 0 Å². The van der Waals surface area contributed by atoms with Crippen molar-refractivity contribution in [2.24, 2.45) is 10.8 Å². The molecule has 0 radical (unpaired) electrons. The molecule has 0 aromatic heterocycles. The Morgan fingerprint density at radius 3 is 0.717 bits per heavy atom. The van der Waals surface area contributed by atoms with E-state index >= 15 is 0 Å². The topological polar surface area (TPSA) is 129 Å². The van der Waals surface area contributed by atoms with Gasteiger partial charge in [0.25, 0.3) is 0 Å². The minimum absolute atomic E-state index is 0.0625. The fourth-order valence-electron chi connectivity index (χ4n) is 3.45. The lowest BCUT2D eigenvalue weighted by Gasteiger charge is -2.37. The maximum Gasteiger partial charge on any atom is 0.0769 e. The average molecular weight is 663 g/mol. The van der Waals surface area contributed by atoms with Crippen LogP contribution < -0.4 is 21.3 Å². The molecule has 0 bridgehead atoms. The van der Waals surface area contributed by atoms with Crippen molar-refractivity contribution in [3.05, 3.63) is 0 Å². The van der Waals surface area contributed by atoms with Crippen LogP contribution >= 0.6 is 0 Å². The van der Waals surface area contributed by atoms with Crippen LogP contribution in [0.2, 0.25) is 0 Å². The molecule has 8 heteroatoms. The van der Waals surface area contributed by atoms with Crippen molar-refractivity contribution < 1.29 is 20.4 Å². The maximum atomic E-state index is 9.71. The third-order valence-electron chi connectivity index (χ3n) is 12.0. The van der Waals surface area contributed by atoms with E-state index in [1.807, 2.05) is 69.5 Å². The second-order valence-corrected chi connectivity index (χ2v) is 19.2. The first-order valence-corrected chi connectivity index (χ1v) is 17.6. The summed E-state index contributed by atoms with van der Waals surface area (Å²) < 4.78 is 0. The van der Waals surface area contributed by atoms with E-state index in [4.69, 9.17) is 0 Å². The molecule has 2 rings (SSSR count). The lowest BCUT2D eigenvalue weighted by molar-refractivity contribution is -0.00438. The van der Waals surface area contributed by atoms with Gasteiger partial charge in [-0.2, -0.15) is 0 Å². The average Bonchev–Trinajstić information content (AvgIpc) is 3.47. The molecule has 2 aliphatic heterocycles. The Morgan fingerprint density at radius 2 is 0.674 bits per heavy atom. The maximum absolute atomic E-state index is 9.71. The second-order valence-electron chi connectivity index (χ2n) is 19.2. The lowest BCUT2D eigenvalue weighted by Crippen LogP contribution is -2.54. The van der Waals surface area contributed by atoms with Crippen molar-refractivity contribution in [1.29, 1.82) is 0 Å². The predicted molar refractivity (Wildman–Crippen MR) is 202 cm³/mol. The number of nitrogens with one attached hydrogen (secondary N) is 4. The molecule has 0 spiro atoms. The first kappa shape index (κ1) is 50.1. The Morgan fingerprint density at radius 1 is 0.457 bits per heavy atom. The van der Waals surface area contributed by atoms with Gasteiger partial charge in [0.1, 0.15) is 0 Å². The van der Waals surface area contributed by atoms with E-state index in [1.54, 1.807) is 27.7 Å². The summed E-state index contributed by atoms with van der Waals surface area (Å²) in [5.74, 6) is 0. The third-order valence-corrected chi connectivity index (χ3v) is 12.0. The highest BCUT2D eigenvalue weighted by Gasteiger charge is 2.42. The van der Waals surface area contributed by atoms with Crippen molar-refractivity contribution in [3.63, 3.8) is 0 Å². The molecule has 2 aliphatic rings. The molecular weight excluding hydrogens is 576 g/mol. The molecule has 2 fully saturated rings. The highest BCUT2D eigenvalue weighted by molar-refractivity contribution is 5.01. The molecule has 0 saturated carbocycles. The summed E-state index contributed by atoms with van der Waals surface area (Å²) in [6, 6.07) is 0. The van der Waals surface area contributed by atoms with E-state index in [9.17, 15) is 20.4 Å². The van der Waals surface area contributed by atoms with E-state index in [2.05, 4.69) is 76.7 Å². The highest BCUT2D eigenvalue weighted by atomic mass is 16.3. The minimum Gasteiger partial charge on any atom is -0.389 e. The van der Waals surface area contributed by atoms with E-state index in [1.165, 1.54) is 12.8 Å². The molecule has 0 aliphatic carbocycles. The molecule has 0 aromatic carbocycles. The van der Waals surface area contributed by atoms with Crippen LogP contribution in [0.5, 0.6) is 0 Å². The summed E-state index contributed by atoms with van der Waals surface area (Å²) in [6.45, 7) is 42.4. The Hall–Kier alpha value is -0.320. The van der Waals surface area contributed by atoms with Crippen LogP contribution in [-0.2, 0) is 0 Å². The van der Waals surface area contributed by atoms with Gasteiger partial charge in [-0.1, -0.05) is 41.5 Å². The van der Waals surface area contributed by atoms with Crippen molar-refractivity contribution in [3.8, 4) is 0 Å². The minimum atomic E-state index is -0.665. The zero-order valence-corrected chi connectivity index (χ0v) is 35.0. The Bertz CT molecular complexity index is 746. The van der Waals surface area contributed by atoms with Gasteiger partial charge in [0.15, 0.2) is 0 Å². The quantitative estimate of drug-likeness (QED) is 0.164. The van der Waals surface area contributed by atoms with Crippen LogP contribution in [0, 0.1) is 10.8 Å². The van der Waals surface area contributed by atoms with Crippen LogP contribution in [0.25, 0.3) is 0 Å². The third kappa shape index (κ3) is 16.9. The first-order chi connectivity index (χ1) is 19.8. The van der Waals surface area contributed by atoms with Gasteiger partial charge >= 0.3 is 0 Å². The van der Waals surface area contributed by atoms with Crippen molar-refractivity contribution in [2.45, 2.75) is 209 Å². The van der Waals surface area contributed by atoms with Gasteiger partial charge in [0.2, 0.25) is 0 Å². The van der Waals surface area contributed by atoms with Gasteiger partial charge in [0, 0.05) is 22.2 Å². The summed E-state index contributed by atoms with van der Waals surface area (Å²) in [4.78, 5) is 0. The molecule has 0 aromatic rings. The second kappa shape index (κ2) is 17.6. The van der Waals surface area contributed by atoms with Crippen LogP contribution in [0.15, 0.2) is 0 Å². The zero-order valence-electron chi connectivity index (χ0n) is 35.0. The van der Waals surface area contributed by atoms with Gasteiger partial charge in [-0.05, 0) is 161 Å². The number of hydrogen-bond donors (Lipinski definition) is 8. The molecule has 0 amide bonds. The predicted octanol–water partition coefficient (Wildman–Crippen LogP) is 6.39. The Kier molecular flexibility index (Phi) is 19.1. The zero-order chi connectivity index (χ0) is 38.1. The summed E-state index contributed by atoms with van der Waals surface area (Å²) >= 11 is 0. The fourth-order valence-corrected chi connectivity index (χ4v) is 3.45. The van der Waals surface area contributed by atoms with Crippen LogP contribution in [0.1, 0.15) is 164 Å². The molecule has 0 unspecified atom stereocenters. The highest BCUT2D eigenvalue weighted by Crippen LogP contribution is 2.36. The molecular formula is C38H86N4O4. The smallest absolute Gasteiger partial charge is 0.0769 e. The lowest BCUT2D eigenvalue weighted by atomic mass is 9.71. The fraction of sp³-hybridized carbons (Fsp3) is 1.00. The van der Waals surface area contributed by atoms with Crippen molar-refractivity contribution in [2.75, 3.05) is 27.2 Å². The summed E-state index contributed by atoms with van der Waals surface area (Å²) in [5, 5.41) is 51.1. The number of likely N-dealkylation sites (N-methyl/N-ethyl adjacent to an activating group) is 2. The molecule has 2 saturated heterocycles. The first-order valence-electron chi connectivity index (χ1n) is 17.6. The van der Waals surface area contributed by atoms with E-state index < -0.39 is 22.4 Å². The van der Waals surface area contributed by atoms with Crippen molar-refractivity contribution in [1.82, 2.24) is 21.3 Å². The van der Waals surface area contributed by atoms with Crippen LogP contribution in [0.4, 0.5) is 0 Å². The molecule has 2 heterocycles. The van der Waals surface area contributed by atoms with Gasteiger partial charge < -0.3 is 41.7 Å². The van der Waals surface area contributed by atoms with Gasteiger partial charge in [-0.25, -0.2) is 0 Å². The number of hydrogen-bond acceptors (Lipinski definition) is 8. The van der Waals surface area contributed by atoms with E-state index in [-0.39, 0.29) is 22.2 Å². The number of rotatable bonds is 6. The summed E-state index contributed by atoms with van der Waals surface area (Å²) in [7, 11) is 3.69. The number of aliphatic hydroxyl groups is 4. The molecule has 46 heavy (non-hydrogen) atoms. The molecule has 282 valence electrons. The van der Waals surface area contributed by atoms with Crippen LogP contribution in [0.3, 0.4) is 0 Å². The Labute approximate surface area is 288 Å². The molecule has 2 atom stereocenters. The standard InChI is InChI=1S/2C8H17NO.C8H18.2C7H17NO/c2*1-7(2,10)8(3)5-4-6-9-8;1-7(2,3)8(4,5)6;2*1-6(2,8-5)7(3,4)9/h2*9-10H,4-6H2,1-3H3;1-6H3;2*8-9H,1-5H3/t2*8-;;;/m10.../s1. The summed E-state index contributed by atoms with van der Waals surface area (Å²) in [5.41, 5.74) is -2.20. The van der Waals surface area contributed by atoms with E-state index in [0.717, 1.165) is 25.9 Å². The normalized spacial score (nSPS) is 23.1. The SMILES string of the molecule is CC(C)(C)C(C)(C)C.CC(C)(O)[C@@]1(C)CCCN1.CC(C)(O)[C@]1(C)CCCN1.CNC(C)(C)C(C)(C)O.CNC(C)(C)C(C)(C)O. The van der Waals surface area contributed by atoms with Gasteiger partial charge in [-0.15, -0.1) is 0 Å². The Balaban J connectivity index is -0.000000504. The van der Waals surface area contributed by atoms with Crippen LogP contribution in [-0.4, -0.2) is 92.2 Å². The monoisotopic (exact) mass is 663 g/mol. The van der Waals surface area contributed by atoms with Gasteiger partial charge in [0.05, 0.1) is 22.4 Å². The van der Waals surface area contributed by atoms with Gasteiger partial charge in [-0.3, -0.25) is 0 Å².